The molecule has 0 unspecified atom stereocenters. The molecule has 3 heterocycles. The van der Waals surface area contributed by atoms with Gasteiger partial charge in [0.2, 0.25) is 0 Å². The minimum absolute atomic E-state index is 0.224. The molecule has 1 fully saturated rings. The average molecular weight is 594 g/mol. The van der Waals surface area contributed by atoms with Gasteiger partial charge in [-0.25, -0.2) is 19.4 Å². The molecule has 2 aromatic heterocycles. The number of amides is 1. The molecular weight excluding hydrogens is 558 g/mol. The van der Waals surface area contributed by atoms with Crippen LogP contribution in [-0.2, 0) is 11.3 Å². The maximum Gasteiger partial charge on any atom is 0.410 e. The van der Waals surface area contributed by atoms with Crippen molar-refractivity contribution in [2.75, 3.05) is 39.3 Å². The topological polar surface area (TPSA) is 126 Å². The lowest BCUT2D eigenvalue weighted by atomic mass is 10.1. The number of piperazine rings is 1. The van der Waals surface area contributed by atoms with E-state index in [1.807, 2.05) is 51.1 Å². The highest BCUT2D eigenvalue weighted by Crippen LogP contribution is 2.20. The summed E-state index contributed by atoms with van der Waals surface area (Å²) in [7, 11) is 0. The normalized spacial score (nSPS) is 13.7. The molecule has 11 nitrogen and oxygen atoms in total. The fraction of sp³-hybridized carbons (Fsp3) is 0.333. The van der Waals surface area contributed by atoms with Crippen molar-refractivity contribution in [2.24, 2.45) is 0 Å². The minimum Gasteiger partial charge on any atom is -0.489 e. The Morgan fingerprint density at radius 2 is 1.68 bits per heavy atom. The van der Waals surface area contributed by atoms with Crippen molar-refractivity contribution in [2.45, 2.75) is 32.9 Å². The van der Waals surface area contributed by atoms with Gasteiger partial charge in [-0.3, -0.25) is 9.69 Å². The largest absolute Gasteiger partial charge is 0.489 e. The molecule has 0 aliphatic carbocycles. The lowest BCUT2D eigenvalue weighted by Crippen LogP contribution is -2.50. The second-order valence-electron chi connectivity index (χ2n) is 11.5. The Labute approximate surface area is 256 Å². The van der Waals surface area contributed by atoms with Gasteiger partial charge in [0, 0.05) is 49.9 Å². The summed E-state index contributed by atoms with van der Waals surface area (Å²) in [6.45, 7) is 9.85. The zero-order valence-corrected chi connectivity index (χ0v) is 25.1. The van der Waals surface area contributed by atoms with Crippen molar-refractivity contribution in [1.29, 1.82) is 5.26 Å². The molecule has 0 bridgehead atoms. The average Bonchev–Trinajstić information content (AvgIpc) is 3.02. The second-order valence-corrected chi connectivity index (χ2v) is 11.5. The Hall–Kier alpha value is -5.08. The van der Waals surface area contributed by atoms with Crippen LogP contribution in [0.3, 0.4) is 0 Å². The summed E-state index contributed by atoms with van der Waals surface area (Å²) in [6, 6.07) is 20.1. The van der Waals surface area contributed by atoms with Gasteiger partial charge in [-0.2, -0.15) is 10.4 Å². The highest BCUT2D eigenvalue weighted by molar-refractivity contribution is 5.68. The smallest absolute Gasteiger partial charge is 0.410 e. The highest BCUT2D eigenvalue weighted by atomic mass is 16.6. The summed E-state index contributed by atoms with van der Waals surface area (Å²) in [5.41, 5.74) is 2.86. The summed E-state index contributed by atoms with van der Waals surface area (Å²) < 4.78 is 12.7. The maximum absolute atomic E-state index is 12.6. The van der Waals surface area contributed by atoms with Gasteiger partial charge in [-0.1, -0.05) is 30.3 Å². The van der Waals surface area contributed by atoms with Crippen molar-refractivity contribution in [3.63, 3.8) is 0 Å². The molecule has 44 heavy (non-hydrogen) atoms. The van der Waals surface area contributed by atoms with Crippen molar-refractivity contribution in [3.8, 4) is 34.5 Å². The molecule has 2 aromatic carbocycles. The number of nitriles is 1. The summed E-state index contributed by atoms with van der Waals surface area (Å²) in [5.74, 6) is 1.12. The second kappa shape index (κ2) is 13.5. The van der Waals surface area contributed by atoms with E-state index in [1.54, 1.807) is 41.6 Å². The Morgan fingerprint density at radius 3 is 2.41 bits per heavy atom. The molecule has 1 aliphatic heterocycles. The first-order valence-electron chi connectivity index (χ1n) is 14.5. The third-order valence-electron chi connectivity index (χ3n) is 7.00. The predicted molar refractivity (Wildman–Crippen MR) is 165 cm³/mol. The van der Waals surface area contributed by atoms with Gasteiger partial charge >= 0.3 is 6.09 Å². The molecule has 0 N–H and O–H groups in total. The Morgan fingerprint density at radius 1 is 0.955 bits per heavy atom. The molecule has 11 heteroatoms. The van der Waals surface area contributed by atoms with Crippen molar-refractivity contribution in [3.05, 3.63) is 94.5 Å². The molecule has 226 valence electrons. The molecule has 5 rings (SSSR count). The summed E-state index contributed by atoms with van der Waals surface area (Å²) in [4.78, 5) is 37.8. The van der Waals surface area contributed by atoms with Crippen LogP contribution in [0.15, 0.2) is 77.9 Å². The SMILES string of the molecule is CC(C)(C)OC(=O)N1CCN(CCOc2cnc(-c3cccc(Cn4nc(-c5cccc(C#N)c5)ccc4=O)c3)nc2)CC1. The quantitative estimate of drug-likeness (QED) is 0.295. The molecular formula is C33H35N7O4. The van der Waals surface area contributed by atoms with Crippen molar-refractivity contribution in [1.82, 2.24) is 29.5 Å². The number of benzene rings is 2. The first-order valence-corrected chi connectivity index (χ1v) is 14.5. The number of aromatic nitrogens is 4. The molecule has 0 radical (unpaired) electrons. The van der Waals surface area contributed by atoms with E-state index in [-0.39, 0.29) is 18.2 Å². The van der Waals surface area contributed by atoms with Crippen LogP contribution in [0.25, 0.3) is 22.6 Å². The fourth-order valence-corrected chi connectivity index (χ4v) is 4.76. The van der Waals surface area contributed by atoms with Crippen LogP contribution in [0.5, 0.6) is 5.75 Å². The van der Waals surface area contributed by atoms with E-state index < -0.39 is 5.60 Å². The van der Waals surface area contributed by atoms with Crippen LogP contribution in [0.4, 0.5) is 4.79 Å². The number of rotatable bonds is 8. The van der Waals surface area contributed by atoms with Crippen LogP contribution in [-0.4, -0.2) is 80.6 Å². The number of ether oxygens (including phenoxy) is 2. The van der Waals surface area contributed by atoms with E-state index >= 15 is 0 Å². The number of hydrogen-bond acceptors (Lipinski definition) is 9. The molecule has 4 aromatic rings. The number of carbonyl (C=O) groups is 1. The molecule has 1 amide bonds. The highest BCUT2D eigenvalue weighted by Gasteiger charge is 2.25. The first-order chi connectivity index (χ1) is 21.2. The minimum atomic E-state index is -0.498. The molecule has 1 aliphatic rings. The maximum atomic E-state index is 12.6. The third kappa shape index (κ3) is 8.05. The third-order valence-corrected chi connectivity index (χ3v) is 7.00. The van der Waals surface area contributed by atoms with Crippen LogP contribution < -0.4 is 10.3 Å². The number of hydrogen-bond donors (Lipinski definition) is 0. The summed E-state index contributed by atoms with van der Waals surface area (Å²) in [6.07, 6.45) is 3.04. The molecule has 0 atom stereocenters. The Bertz CT molecular complexity index is 1700. The summed E-state index contributed by atoms with van der Waals surface area (Å²) in [5, 5.41) is 13.7. The van der Waals surface area contributed by atoms with E-state index in [9.17, 15) is 14.9 Å². The summed E-state index contributed by atoms with van der Waals surface area (Å²) >= 11 is 0. The van der Waals surface area contributed by atoms with Crippen LogP contribution in [0.1, 0.15) is 31.9 Å². The zero-order chi connectivity index (χ0) is 31.1. The van der Waals surface area contributed by atoms with Gasteiger partial charge in [0.05, 0.1) is 36.3 Å². The van der Waals surface area contributed by atoms with Gasteiger partial charge in [0.25, 0.3) is 5.56 Å². The van der Waals surface area contributed by atoms with Crippen molar-refractivity contribution < 1.29 is 14.3 Å². The van der Waals surface area contributed by atoms with E-state index in [4.69, 9.17) is 9.47 Å². The Kier molecular flexibility index (Phi) is 9.31. The Balaban J connectivity index is 1.15. The van der Waals surface area contributed by atoms with E-state index in [0.29, 0.717) is 42.5 Å². The first kappa shape index (κ1) is 30.4. The van der Waals surface area contributed by atoms with E-state index in [0.717, 1.165) is 36.3 Å². The van der Waals surface area contributed by atoms with Crippen LogP contribution >= 0.6 is 0 Å². The van der Waals surface area contributed by atoms with E-state index in [1.165, 1.54) is 10.7 Å². The van der Waals surface area contributed by atoms with E-state index in [2.05, 4.69) is 26.0 Å². The standard InChI is InChI=1S/C33H35N7O4/c1-33(2,3)44-32(42)39-14-12-38(13-15-39)16-17-43-28-21-35-31(36-22-28)27-9-5-7-25(19-27)23-40-30(41)11-10-29(37-40)26-8-4-6-24(18-26)20-34/h4-11,18-19,21-22H,12-17,23H2,1-3H3. The molecule has 1 saturated heterocycles. The van der Waals surface area contributed by atoms with Crippen molar-refractivity contribution >= 4 is 6.09 Å². The van der Waals surface area contributed by atoms with Gasteiger partial charge in [0.1, 0.15) is 12.2 Å². The zero-order valence-electron chi connectivity index (χ0n) is 25.1. The van der Waals surface area contributed by atoms with Gasteiger partial charge in [0.15, 0.2) is 11.6 Å². The van der Waals surface area contributed by atoms with Crippen LogP contribution in [0.2, 0.25) is 0 Å². The lowest BCUT2D eigenvalue weighted by molar-refractivity contribution is 0.0137. The number of carbonyl (C=O) groups excluding carboxylic acids is 1. The molecule has 0 saturated carbocycles. The monoisotopic (exact) mass is 593 g/mol. The van der Waals surface area contributed by atoms with Gasteiger partial charge in [-0.05, 0) is 50.6 Å². The van der Waals surface area contributed by atoms with Gasteiger partial charge in [-0.15, -0.1) is 0 Å². The number of nitrogens with zero attached hydrogens (tertiary/aromatic N) is 7. The van der Waals surface area contributed by atoms with Gasteiger partial charge < -0.3 is 14.4 Å². The fourth-order valence-electron chi connectivity index (χ4n) is 4.76. The lowest BCUT2D eigenvalue weighted by Gasteiger charge is -2.35. The predicted octanol–water partition coefficient (Wildman–Crippen LogP) is 4.22. The van der Waals surface area contributed by atoms with Crippen LogP contribution in [0, 0.1) is 11.3 Å². The molecule has 0 spiro atoms.